The average Bonchev–Trinajstić information content (AvgIpc) is 3.41. The lowest BCUT2D eigenvalue weighted by Crippen LogP contribution is -2.70. The van der Waals surface area contributed by atoms with Gasteiger partial charge in [0.2, 0.25) is 11.8 Å². The molecule has 0 bridgehead atoms. The summed E-state index contributed by atoms with van der Waals surface area (Å²) in [5, 5.41) is 135. The SMILES string of the molecule is CCCCCCCCCCCCCCCC/C=C/C(O)C(COC1OC(CO)C(OC2OC(CO)C(O)C(OC3(C(=O)O)CC(O)C(NC(C)=O)C(C(O)C(O)CO)O3)C2O)C(O)C1O)NC(=O)CCCCCCCCCCCCCC. The van der Waals surface area contributed by atoms with Gasteiger partial charge in [-0.25, -0.2) is 4.79 Å². The van der Waals surface area contributed by atoms with Crippen LogP contribution in [0.3, 0.4) is 0 Å². The van der Waals surface area contributed by atoms with Crippen LogP contribution in [0.25, 0.3) is 0 Å². The molecular formula is C59H108N2O21. The van der Waals surface area contributed by atoms with Crippen molar-refractivity contribution >= 4 is 17.8 Å². The van der Waals surface area contributed by atoms with Crippen LogP contribution >= 0.6 is 0 Å². The average molecular weight is 1180 g/mol. The molecule has 23 heteroatoms. The molecule has 3 saturated heterocycles. The number of amides is 2. The van der Waals surface area contributed by atoms with Crippen molar-refractivity contribution in [1.82, 2.24) is 10.6 Å². The second-order valence-electron chi connectivity index (χ2n) is 22.9. The number of allylic oxidation sites excluding steroid dienone is 1. The molecule has 82 heavy (non-hydrogen) atoms. The number of aliphatic carboxylic acids is 1. The first-order valence-electron chi connectivity index (χ1n) is 31.1. The lowest BCUT2D eigenvalue weighted by molar-refractivity contribution is -0.386. The summed E-state index contributed by atoms with van der Waals surface area (Å²) in [4.78, 5) is 38.4. The minimum absolute atomic E-state index is 0.204. The highest BCUT2D eigenvalue weighted by molar-refractivity contribution is 5.77. The Morgan fingerprint density at radius 3 is 1.62 bits per heavy atom. The molecule has 23 nitrogen and oxygen atoms in total. The van der Waals surface area contributed by atoms with E-state index in [1.54, 1.807) is 6.08 Å². The quantitative estimate of drug-likeness (QED) is 0.0307. The topological polar surface area (TPSA) is 373 Å². The van der Waals surface area contributed by atoms with Crippen molar-refractivity contribution in [3.8, 4) is 0 Å². The van der Waals surface area contributed by atoms with Crippen molar-refractivity contribution in [1.29, 1.82) is 0 Å². The molecule has 14 N–H and O–H groups in total. The predicted molar refractivity (Wildman–Crippen MR) is 301 cm³/mol. The smallest absolute Gasteiger partial charge is 0.364 e. The van der Waals surface area contributed by atoms with Gasteiger partial charge in [0.05, 0.1) is 50.7 Å². The maximum atomic E-state index is 13.3. The second kappa shape index (κ2) is 41.5. The van der Waals surface area contributed by atoms with E-state index in [2.05, 4.69) is 24.5 Å². The van der Waals surface area contributed by atoms with Gasteiger partial charge in [-0.05, 0) is 19.3 Å². The zero-order valence-electron chi connectivity index (χ0n) is 49.3. The number of ether oxygens (including phenoxy) is 6. The molecule has 2 amide bonds. The van der Waals surface area contributed by atoms with Crippen molar-refractivity contribution < 1.29 is 104 Å². The third-order valence-electron chi connectivity index (χ3n) is 16.0. The Labute approximate surface area is 486 Å². The Balaban J connectivity index is 1.67. The largest absolute Gasteiger partial charge is 0.477 e. The highest BCUT2D eigenvalue weighted by atomic mass is 16.8. The van der Waals surface area contributed by atoms with Crippen molar-refractivity contribution in [2.45, 2.75) is 317 Å². The molecule has 0 saturated carbocycles. The number of carbonyl (C=O) groups excluding carboxylic acids is 2. The van der Waals surface area contributed by atoms with E-state index < -0.39 is 155 Å². The van der Waals surface area contributed by atoms with Gasteiger partial charge in [-0.3, -0.25) is 9.59 Å². The Hall–Kier alpha value is -2.53. The fourth-order valence-electron chi connectivity index (χ4n) is 10.9. The van der Waals surface area contributed by atoms with Crippen LogP contribution in [0.15, 0.2) is 12.2 Å². The molecule has 480 valence electrons. The number of nitrogens with one attached hydrogen (secondary N) is 2. The molecule has 3 rings (SSSR count). The van der Waals surface area contributed by atoms with Crippen LogP contribution in [0.4, 0.5) is 0 Å². The van der Waals surface area contributed by atoms with Crippen LogP contribution in [-0.2, 0) is 42.8 Å². The highest BCUT2D eigenvalue weighted by Crippen LogP contribution is 2.38. The van der Waals surface area contributed by atoms with Crippen LogP contribution in [0.5, 0.6) is 0 Å². The number of carboxylic acid groups (broad SMARTS) is 1. The van der Waals surface area contributed by atoms with Crippen LogP contribution in [0.1, 0.15) is 207 Å². The van der Waals surface area contributed by atoms with E-state index in [0.29, 0.717) is 12.8 Å². The summed E-state index contributed by atoms with van der Waals surface area (Å²) in [6.45, 7) is 2.10. The molecule has 18 atom stereocenters. The standard InChI is InChI=1S/C59H108N2O21/c1-4-6-8-10-12-14-16-18-19-20-21-22-24-26-28-30-32-41(66)40(61-46(69)33-31-29-27-25-23-17-15-13-11-9-7-5-2)38-77-56-51(73)50(72)53(45(37-64)79-56)80-57-52(74)55(49(71)44(36-63)78-57)82-59(58(75)76)34-42(67)47(60-39(3)65)54(81-59)48(70)43(68)35-62/h30,32,40-45,47-57,62-64,66-68,70-74H,4-29,31,33-38H2,1-3H3,(H,60,65)(H,61,69)(H,75,76)/b32-30+. The maximum Gasteiger partial charge on any atom is 0.364 e. The number of unbranched alkanes of at least 4 members (excludes halogenated alkanes) is 25. The molecule has 0 aliphatic carbocycles. The van der Waals surface area contributed by atoms with Crippen molar-refractivity contribution in [3.05, 3.63) is 12.2 Å². The van der Waals surface area contributed by atoms with Gasteiger partial charge < -0.3 is 100 Å². The van der Waals surface area contributed by atoms with Crippen LogP contribution in [-0.4, -0.2) is 215 Å². The second-order valence-corrected chi connectivity index (χ2v) is 22.9. The molecule has 0 spiro atoms. The highest BCUT2D eigenvalue weighted by Gasteiger charge is 2.60. The van der Waals surface area contributed by atoms with Gasteiger partial charge >= 0.3 is 5.97 Å². The fourth-order valence-corrected chi connectivity index (χ4v) is 10.9. The molecule has 18 unspecified atom stereocenters. The molecule has 3 aliphatic rings. The van der Waals surface area contributed by atoms with Gasteiger partial charge in [-0.15, -0.1) is 0 Å². The van der Waals surface area contributed by atoms with Gasteiger partial charge in [-0.2, -0.15) is 0 Å². The van der Waals surface area contributed by atoms with Crippen molar-refractivity contribution in [3.63, 3.8) is 0 Å². The minimum Gasteiger partial charge on any atom is -0.477 e. The van der Waals surface area contributed by atoms with Gasteiger partial charge in [0, 0.05) is 19.8 Å². The normalized spacial score (nSPS) is 30.2. The first-order valence-corrected chi connectivity index (χ1v) is 31.1. The third kappa shape index (κ3) is 25.4. The summed E-state index contributed by atoms with van der Waals surface area (Å²) in [6.07, 6.45) is 5.62. The minimum atomic E-state index is -3.08. The number of carbonyl (C=O) groups is 3. The maximum absolute atomic E-state index is 13.3. The predicted octanol–water partition coefficient (Wildman–Crippen LogP) is 3.17. The molecule has 0 radical (unpaired) electrons. The number of hydrogen-bond acceptors (Lipinski definition) is 20. The van der Waals surface area contributed by atoms with Crippen molar-refractivity contribution in [2.75, 3.05) is 26.4 Å². The Kier molecular flexibility index (Phi) is 37.4. The Bertz CT molecular complexity index is 1740. The summed E-state index contributed by atoms with van der Waals surface area (Å²) >= 11 is 0. The summed E-state index contributed by atoms with van der Waals surface area (Å²) in [5.74, 6) is -6.14. The molecule has 3 aliphatic heterocycles. The number of hydrogen-bond donors (Lipinski definition) is 14. The fraction of sp³-hybridized carbons (Fsp3) is 0.915. The molecule has 0 aromatic carbocycles. The third-order valence-corrected chi connectivity index (χ3v) is 16.0. The lowest BCUT2D eigenvalue weighted by atomic mass is 9.88. The summed E-state index contributed by atoms with van der Waals surface area (Å²) < 4.78 is 34.7. The van der Waals surface area contributed by atoms with Crippen LogP contribution in [0, 0.1) is 0 Å². The first kappa shape index (κ1) is 73.7. The van der Waals surface area contributed by atoms with E-state index in [-0.39, 0.29) is 12.3 Å². The Morgan fingerprint density at radius 1 is 0.634 bits per heavy atom. The van der Waals surface area contributed by atoms with Gasteiger partial charge in [0.25, 0.3) is 5.79 Å². The van der Waals surface area contributed by atoms with E-state index in [4.69, 9.17) is 28.4 Å². The van der Waals surface area contributed by atoms with Crippen LogP contribution < -0.4 is 10.6 Å². The van der Waals surface area contributed by atoms with E-state index in [1.165, 1.54) is 116 Å². The number of carboxylic acids is 1. The summed E-state index contributed by atoms with van der Waals surface area (Å²) in [6, 6.07) is -2.61. The molecular weight excluding hydrogens is 1070 g/mol. The molecule has 3 fully saturated rings. The molecule has 0 aromatic heterocycles. The monoisotopic (exact) mass is 1180 g/mol. The number of rotatable bonds is 45. The van der Waals surface area contributed by atoms with Gasteiger partial charge in [0.1, 0.15) is 67.1 Å². The van der Waals surface area contributed by atoms with E-state index in [1.807, 2.05) is 6.08 Å². The van der Waals surface area contributed by atoms with Crippen LogP contribution in [0.2, 0.25) is 0 Å². The van der Waals surface area contributed by atoms with E-state index in [0.717, 1.165) is 51.9 Å². The van der Waals surface area contributed by atoms with Gasteiger partial charge in [0.15, 0.2) is 12.6 Å². The van der Waals surface area contributed by atoms with Crippen molar-refractivity contribution in [2.24, 2.45) is 0 Å². The summed E-state index contributed by atoms with van der Waals surface area (Å²) in [5.41, 5.74) is 0. The zero-order valence-corrected chi connectivity index (χ0v) is 49.3. The number of aliphatic hydroxyl groups excluding tert-OH is 11. The zero-order chi connectivity index (χ0) is 60.5. The van der Waals surface area contributed by atoms with E-state index >= 15 is 0 Å². The molecule has 3 heterocycles. The van der Waals surface area contributed by atoms with Gasteiger partial charge in [-0.1, -0.05) is 180 Å². The van der Waals surface area contributed by atoms with E-state index in [9.17, 15) is 75.7 Å². The number of aliphatic hydroxyl groups is 11. The summed E-state index contributed by atoms with van der Waals surface area (Å²) in [7, 11) is 0. The molecule has 0 aromatic rings. The lowest BCUT2D eigenvalue weighted by Gasteiger charge is -2.50. The first-order chi connectivity index (χ1) is 39.4. The Morgan fingerprint density at radius 2 is 1.13 bits per heavy atom.